The number of hydrogen-bond acceptors (Lipinski definition) is 3. The second-order valence-electron chi connectivity index (χ2n) is 7.69. The van der Waals surface area contributed by atoms with E-state index in [1.54, 1.807) is 24.3 Å². The molecule has 5 nitrogen and oxygen atoms in total. The fraction of sp³-hybridized carbons (Fsp3) is 0.571. The highest BCUT2D eigenvalue weighted by molar-refractivity contribution is 7.88. The summed E-state index contributed by atoms with van der Waals surface area (Å²) in [4.78, 5) is 12.6. The fourth-order valence-electron chi connectivity index (χ4n) is 3.93. The predicted octanol–water partition coefficient (Wildman–Crippen LogP) is 3.89. The molecule has 1 atom stereocenters. The molecule has 154 valence electrons. The van der Waals surface area contributed by atoms with Gasteiger partial charge in [0.15, 0.2) is 0 Å². The summed E-state index contributed by atoms with van der Waals surface area (Å²) in [5.41, 5.74) is 2.02. The minimum atomic E-state index is -3.50. The standard InChI is InChI=1S/C21H29ClN2O3S/c22-20-11-5-4-9-19(20)16-28(26,27)24-14-6-10-18(15-24)21(25)23-13-12-17-7-2-1-3-8-17/h4-5,7,9,11,18H,1-3,6,8,10,12-16H2,(H,23,25). The van der Waals surface area contributed by atoms with Crippen molar-refractivity contribution >= 4 is 27.5 Å². The molecule has 0 aromatic heterocycles. The van der Waals surface area contributed by atoms with E-state index in [0.29, 0.717) is 30.1 Å². The molecule has 1 aliphatic carbocycles. The van der Waals surface area contributed by atoms with Gasteiger partial charge in [0, 0.05) is 24.7 Å². The number of benzene rings is 1. The first-order valence-corrected chi connectivity index (χ1v) is 12.1. The number of hydrogen-bond donors (Lipinski definition) is 1. The van der Waals surface area contributed by atoms with Crippen molar-refractivity contribution in [3.63, 3.8) is 0 Å². The van der Waals surface area contributed by atoms with Crippen LogP contribution in [0.5, 0.6) is 0 Å². The van der Waals surface area contributed by atoms with E-state index < -0.39 is 10.0 Å². The van der Waals surface area contributed by atoms with Crippen LogP contribution in [0.1, 0.15) is 50.5 Å². The van der Waals surface area contributed by atoms with E-state index in [-0.39, 0.29) is 24.1 Å². The third-order valence-corrected chi connectivity index (χ3v) is 7.74. The summed E-state index contributed by atoms with van der Waals surface area (Å²) in [5.74, 6) is -0.445. The van der Waals surface area contributed by atoms with Gasteiger partial charge in [-0.1, -0.05) is 41.4 Å². The molecule has 2 aliphatic rings. The number of nitrogens with zero attached hydrogens (tertiary/aromatic N) is 1. The third-order valence-electron chi connectivity index (χ3n) is 5.57. The van der Waals surface area contributed by atoms with Crippen LogP contribution >= 0.6 is 11.6 Å². The molecule has 3 rings (SSSR count). The first kappa shape index (κ1) is 21.3. The van der Waals surface area contributed by atoms with Gasteiger partial charge in [0.1, 0.15) is 0 Å². The summed E-state index contributed by atoms with van der Waals surface area (Å²) in [7, 11) is -3.50. The zero-order chi connectivity index (χ0) is 20.0. The molecule has 0 spiro atoms. The molecular weight excluding hydrogens is 396 g/mol. The quantitative estimate of drug-likeness (QED) is 0.675. The summed E-state index contributed by atoms with van der Waals surface area (Å²) in [6.45, 7) is 1.35. The average Bonchev–Trinajstić information content (AvgIpc) is 2.70. The van der Waals surface area contributed by atoms with Gasteiger partial charge < -0.3 is 5.32 Å². The van der Waals surface area contributed by atoms with Gasteiger partial charge in [-0.25, -0.2) is 12.7 Å². The number of carbonyl (C=O) groups excluding carboxylic acids is 1. The average molecular weight is 425 g/mol. The normalized spacial score (nSPS) is 21.2. The number of nitrogens with one attached hydrogen (secondary N) is 1. The van der Waals surface area contributed by atoms with E-state index in [2.05, 4.69) is 11.4 Å². The van der Waals surface area contributed by atoms with Gasteiger partial charge in [-0.3, -0.25) is 4.79 Å². The molecule has 1 amide bonds. The lowest BCUT2D eigenvalue weighted by Gasteiger charge is -2.31. The van der Waals surface area contributed by atoms with E-state index in [1.807, 2.05) is 0 Å². The van der Waals surface area contributed by atoms with Crippen LogP contribution in [-0.2, 0) is 20.6 Å². The van der Waals surface area contributed by atoms with Gasteiger partial charge in [0.25, 0.3) is 0 Å². The van der Waals surface area contributed by atoms with Gasteiger partial charge in [-0.2, -0.15) is 0 Å². The van der Waals surface area contributed by atoms with Crippen molar-refractivity contribution in [1.82, 2.24) is 9.62 Å². The molecule has 1 aliphatic heterocycles. The van der Waals surface area contributed by atoms with Crippen LogP contribution in [0.3, 0.4) is 0 Å². The van der Waals surface area contributed by atoms with Crippen molar-refractivity contribution in [2.45, 2.75) is 50.7 Å². The molecule has 28 heavy (non-hydrogen) atoms. The highest BCUT2D eigenvalue weighted by Crippen LogP contribution is 2.24. The van der Waals surface area contributed by atoms with Crippen LogP contribution < -0.4 is 5.32 Å². The van der Waals surface area contributed by atoms with E-state index in [9.17, 15) is 13.2 Å². The Balaban J connectivity index is 1.53. The van der Waals surface area contributed by atoms with Crippen LogP contribution in [0.4, 0.5) is 0 Å². The van der Waals surface area contributed by atoms with Crippen molar-refractivity contribution in [3.05, 3.63) is 46.5 Å². The molecule has 7 heteroatoms. The zero-order valence-electron chi connectivity index (χ0n) is 16.2. The van der Waals surface area contributed by atoms with Crippen LogP contribution in [0, 0.1) is 5.92 Å². The van der Waals surface area contributed by atoms with Crippen molar-refractivity contribution in [1.29, 1.82) is 0 Å². The van der Waals surface area contributed by atoms with Crippen LogP contribution in [0.15, 0.2) is 35.9 Å². The molecular formula is C21H29ClN2O3S. The summed E-state index contributed by atoms with van der Waals surface area (Å²) in [6.07, 6.45) is 9.39. The number of amides is 1. The molecule has 1 aromatic carbocycles. The molecule has 0 saturated carbocycles. The number of carbonyl (C=O) groups is 1. The Morgan fingerprint density at radius 3 is 2.79 bits per heavy atom. The molecule has 1 aromatic rings. The van der Waals surface area contributed by atoms with Gasteiger partial charge in [0.2, 0.25) is 15.9 Å². The Kier molecular flexibility index (Phi) is 7.55. The lowest BCUT2D eigenvalue weighted by molar-refractivity contribution is -0.126. The van der Waals surface area contributed by atoms with Gasteiger partial charge in [-0.05, 0) is 56.6 Å². The SMILES string of the molecule is O=C(NCCC1=CCCCC1)C1CCCN(S(=O)(=O)Cc2ccccc2Cl)C1. The van der Waals surface area contributed by atoms with Crippen molar-refractivity contribution in [3.8, 4) is 0 Å². The van der Waals surface area contributed by atoms with E-state index in [4.69, 9.17) is 11.6 Å². The maximum Gasteiger partial charge on any atom is 0.224 e. The minimum absolute atomic E-state index is 0.0333. The van der Waals surface area contributed by atoms with Crippen LogP contribution in [-0.4, -0.2) is 38.3 Å². The first-order valence-electron chi connectivity index (χ1n) is 10.1. The first-order chi connectivity index (χ1) is 13.5. The molecule has 1 heterocycles. The topological polar surface area (TPSA) is 66.5 Å². The molecule has 1 fully saturated rings. The molecule has 1 unspecified atom stereocenters. The smallest absolute Gasteiger partial charge is 0.224 e. The second-order valence-corrected chi connectivity index (χ2v) is 10.1. The number of rotatable bonds is 7. The Bertz CT molecular complexity index is 823. The Morgan fingerprint density at radius 2 is 2.04 bits per heavy atom. The van der Waals surface area contributed by atoms with E-state index in [1.165, 1.54) is 22.7 Å². The summed E-state index contributed by atoms with van der Waals surface area (Å²) in [5, 5.41) is 3.46. The van der Waals surface area contributed by atoms with E-state index in [0.717, 1.165) is 25.7 Å². The highest BCUT2D eigenvalue weighted by atomic mass is 35.5. The number of allylic oxidation sites excluding steroid dienone is 1. The van der Waals surface area contributed by atoms with Crippen molar-refractivity contribution < 1.29 is 13.2 Å². The maximum absolute atomic E-state index is 12.8. The summed E-state index contributed by atoms with van der Waals surface area (Å²) < 4.78 is 27.1. The van der Waals surface area contributed by atoms with Crippen molar-refractivity contribution in [2.75, 3.05) is 19.6 Å². The fourth-order valence-corrected chi connectivity index (χ4v) is 5.86. The Hall–Kier alpha value is -1.37. The van der Waals surface area contributed by atoms with E-state index >= 15 is 0 Å². The number of piperidine rings is 1. The Labute approximate surface area is 173 Å². The van der Waals surface area contributed by atoms with Gasteiger partial charge in [0.05, 0.1) is 11.7 Å². The van der Waals surface area contributed by atoms with Crippen LogP contribution in [0.25, 0.3) is 0 Å². The van der Waals surface area contributed by atoms with Gasteiger partial charge >= 0.3 is 0 Å². The Morgan fingerprint density at radius 1 is 1.21 bits per heavy atom. The minimum Gasteiger partial charge on any atom is -0.356 e. The molecule has 1 N–H and O–H groups in total. The highest BCUT2D eigenvalue weighted by Gasteiger charge is 2.32. The largest absolute Gasteiger partial charge is 0.356 e. The molecule has 1 saturated heterocycles. The molecule has 0 bridgehead atoms. The third kappa shape index (κ3) is 5.82. The number of halogens is 1. The number of sulfonamides is 1. The molecule has 0 radical (unpaired) electrons. The second kappa shape index (κ2) is 9.90. The van der Waals surface area contributed by atoms with Crippen LogP contribution in [0.2, 0.25) is 5.02 Å². The summed E-state index contributed by atoms with van der Waals surface area (Å²) >= 11 is 6.12. The lowest BCUT2D eigenvalue weighted by atomic mass is 9.96. The lowest BCUT2D eigenvalue weighted by Crippen LogP contribution is -2.45. The predicted molar refractivity (Wildman–Crippen MR) is 113 cm³/mol. The monoisotopic (exact) mass is 424 g/mol. The maximum atomic E-state index is 12.8. The van der Waals surface area contributed by atoms with Gasteiger partial charge in [-0.15, -0.1) is 0 Å². The summed E-state index contributed by atoms with van der Waals surface area (Å²) in [6, 6.07) is 6.99. The van der Waals surface area contributed by atoms with Crippen molar-refractivity contribution in [2.24, 2.45) is 5.92 Å². The zero-order valence-corrected chi connectivity index (χ0v) is 17.8.